The van der Waals surface area contributed by atoms with E-state index in [4.69, 9.17) is 0 Å². The fourth-order valence-electron chi connectivity index (χ4n) is 2.64. The van der Waals surface area contributed by atoms with E-state index in [-0.39, 0.29) is 0 Å². The quantitative estimate of drug-likeness (QED) is 0.642. The molecule has 0 aromatic heterocycles. The average Bonchev–Trinajstić information content (AvgIpc) is 2.56. The molecular formula is C16H13F3S. The van der Waals surface area contributed by atoms with Crippen LogP contribution in [0.2, 0.25) is 0 Å². The summed E-state index contributed by atoms with van der Waals surface area (Å²) in [4.78, 5) is 1.12. The molecule has 20 heavy (non-hydrogen) atoms. The average molecular weight is 294 g/mol. The van der Waals surface area contributed by atoms with E-state index in [1.807, 2.05) is 31.2 Å². The molecule has 0 fully saturated rings. The van der Waals surface area contributed by atoms with Crippen molar-refractivity contribution < 1.29 is 13.2 Å². The summed E-state index contributed by atoms with van der Waals surface area (Å²) in [6, 6.07) is 10.5. The van der Waals surface area contributed by atoms with Crippen LogP contribution in [-0.2, 0) is 18.3 Å². The summed E-state index contributed by atoms with van der Waals surface area (Å²) in [5, 5.41) is 0. The number of benzene rings is 2. The molecule has 1 aliphatic rings. The van der Waals surface area contributed by atoms with Gasteiger partial charge in [-0.1, -0.05) is 30.3 Å². The van der Waals surface area contributed by atoms with E-state index in [0.717, 1.165) is 21.6 Å². The largest absolute Gasteiger partial charge is 0.416 e. The Kier molecular flexibility index (Phi) is 3.28. The highest BCUT2D eigenvalue weighted by molar-refractivity contribution is 7.98. The maximum atomic E-state index is 13.1. The molecule has 2 aromatic rings. The summed E-state index contributed by atoms with van der Waals surface area (Å²) in [5.41, 5.74) is 2.98. The Hall–Kier alpha value is -1.42. The summed E-state index contributed by atoms with van der Waals surface area (Å²) in [6.07, 6.45) is -3.71. The predicted molar refractivity (Wildman–Crippen MR) is 75.0 cm³/mol. The lowest BCUT2D eigenvalue weighted by molar-refractivity contribution is -0.138. The van der Waals surface area contributed by atoms with Crippen LogP contribution < -0.4 is 0 Å². The number of thioether (sulfide) groups is 1. The minimum absolute atomic E-state index is 0.378. The lowest BCUT2D eigenvalue weighted by atomic mass is 9.96. The third-order valence-corrected chi connectivity index (χ3v) is 4.92. The normalized spacial score (nSPS) is 14.4. The van der Waals surface area contributed by atoms with Gasteiger partial charge in [0, 0.05) is 10.6 Å². The maximum Gasteiger partial charge on any atom is 0.416 e. The number of fused-ring (bicyclic) bond motifs is 2. The van der Waals surface area contributed by atoms with Gasteiger partial charge in [-0.15, -0.1) is 11.8 Å². The van der Waals surface area contributed by atoms with Crippen molar-refractivity contribution in [3.8, 4) is 0 Å². The SMILES string of the molecule is Cc1cccc2c1SCc1c(cccc1C(F)(F)F)C2. The molecule has 0 saturated carbocycles. The lowest BCUT2D eigenvalue weighted by Crippen LogP contribution is -2.10. The van der Waals surface area contributed by atoms with Crippen LogP contribution in [0.5, 0.6) is 0 Å². The second-order valence-electron chi connectivity index (χ2n) is 4.97. The maximum absolute atomic E-state index is 13.1. The first-order valence-corrected chi connectivity index (χ1v) is 7.34. The third kappa shape index (κ3) is 2.33. The topological polar surface area (TPSA) is 0 Å². The monoisotopic (exact) mass is 294 g/mol. The first kappa shape index (κ1) is 13.6. The molecule has 0 N–H and O–H groups in total. The molecule has 0 aliphatic carbocycles. The highest BCUT2D eigenvalue weighted by atomic mass is 32.2. The number of alkyl halides is 3. The molecule has 104 valence electrons. The molecule has 3 rings (SSSR count). The summed E-state index contributed by atoms with van der Waals surface area (Å²) in [6.45, 7) is 2.01. The first-order chi connectivity index (χ1) is 9.47. The fourth-order valence-corrected chi connectivity index (χ4v) is 3.90. The van der Waals surface area contributed by atoms with Crippen LogP contribution in [0.3, 0.4) is 0 Å². The number of hydrogen-bond donors (Lipinski definition) is 0. The van der Waals surface area contributed by atoms with Gasteiger partial charge in [0.2, 0.25) is 0 Å². The summed E-state index contributed by atoms with van der Waals surface area (Å²) < 4.78 is 39.3. The summed E-state index contributed by atoms with van der Waals surface area (Å²) >= 11 is 1.51. The van der Waals surface area contributed by atoms with Crippen molar-refractivity contribution in [3.63, 3.8) is 0 Å². The van der Waals surface area contributed by atoms with Crippen LogP contribution in [0.15, 0.2) is 41.3 Å². The fraction of sp³-hybridized carbons (Fsp3) is 0.250. The van der Waals surface area contributed by atoms with E-state index in [9.17, 15) is 13.2 Å². The molecular weight excluding hydrogens is 281 g/mol. The van der Waals surface area contributed by atoms with Crippen molar-refractivity contribution in [2.45, 2.75) is 30.2 Å². The second kappa shape index (κ2) is 4.85. The summed E-state index contributed by atoms with van der Waals surface area (Å²) in [7, 11) is 0. The number of aryl methyl sites for hydroxylation is 1. The third-order valence-electron chi connectivity index (χ3n) is 3.61. The van der Waals surface area contributed by atoms with Crippen molar-refractivity contribution >= 4 is 11.8 Å². The van der Waals surface area contributed by atoms with E-state index < -0.39 is 11.7 Å². The number of halogens is 3. The van der Waals surface area contributed by atoms with Gasteiger partial charge in [-0.05, 0) is 41.7 Å². The zero-order chi connectivity index (χ0) is 14.3. The molecule has 0 radical (unpaired) electrons. The minimum atomic E-state index is -4.28. The van der Waals surface area contributed by atoms with E-state index in [0.29, 0.717) is 17.7 Å². The van der Waals surface area contributed by atoms with Gasteiger partial charge < -0.3 is 0 Å². The van der Waals surface area contributed by atoms with E-state index in [1.165, 1.54) is 23.9 Å². The molecule has 1 heterocycles. The van der Waals surface area contributed by atoms with Crippen molar-refractivity contribution in [1.29, 1.82) is 0 Å². The van der Waals surface area contributed by atoms with Gasteiger partial charge in [-0.2, -0.15) is 13.2 Å². The highest BCUT2D eigenvalue weighted by Crippen LogP contribution is 2.41. The number of hydrogen-bond acceptors (Lipinski definition) is 1. The van der Waals surface area contributed by atoms with Gasteiger partial charge >= 0.3 is 6.18 Å². The van der Waals surface area contributed by atoms with Crippen LogP contribution in [0, 0.1) is 6.92 Å². The molecule has 0 atom stereocenters. The summed E-state index contributed by atoms with van der Waals surface area (Å²) in [5.74, 6) is 0.378. The lowest BCUT2D eigenvalue weighted by Gasteiger charge is -2.14. The van der Waals surface area contributed by atoms with Crippen molar-refractivity contribution in [2.75, 3.05) is 0 Å². The first-order valence-electron chi connectivity index (χ1n) is 6.36. The van der Waals surface area contributed by atoms with Gasteiger partial charge in [0.25, 0.3) is 0 Å². The Labute approximate surface area is 120 Å². The van der Waals surface area contributed by atoms with E-state index in [1.54, 1.807) is 0 Å². The van der Waals surface area contributed by atoms with Gasteiger partial charge in [-0.25, -0.2) is 0 Å². The van der Waals surface area contributed by atoms with Crippen LogP contribution in [-0.4, -0.2) is 0 Å². The van der Waals surface area contributed by atoms with E-state index in [2.05, 4.69) is 0 Å². The predicted octanol–water partition coefficient (Wildman–Crippen LogP) is 5.21. The Morgan fingerprint density at radius 1 is 1.00 bits per heavy atom. The van der Waals surface area contributed by atoms with Gasteiger partial charge in [0.15, 0.2) is 0 Å². The van der Waals surface area contributed by atoms with Crippen molar-refractivity contribution in [3.05, 3.63) is 64.2 Å². The van der Waals surface area contributed by atoms with Gasteiger partial charge in [-0.3, -0.25) is 0 Å². The van der Waals surface area contributed by atoms with Crippen LogP contribution in [0.4, 0.5) is 13.2 Å². The zero-order valence-corrected chi connectivity index (χ0v) is 11.7. The second-order valence-corrected chi connectivity index (χ2v) is 5.96. The molecule has 0 saturated heterocycles. The molecule has 1 aliphatic heterocycles. The molecule has 4 heteroatoms. The zero-order valence-electron chi connectivity index (χ0n) is 10.9. The minimum Gasteiger partial charge on any atom is -0.166 e. The molecule has 0 bridgehead atoms. The molecule has 2 aromatic carbocycles. The molecule has 0 amide bonds. The van der Waals surface area contributed by atoms with Crippen LogP contribution in [0.25, 0.3) is 0 Å². The van der Waals surface area contributed by atoms with Crippen molar-refractivity contribution in [2.24, 2.45) is 0 Å². The van der Waals surface area contributed by atoms with Gasteiger partial charge in [0.1, 0.15) is 0 Å². The van der Waals surface area contributed by atoms with Gasteiger partial charge in [0.05, 0.1) is 5.56 Å². The number of rotatable bonds is 0. The van der Waals surface area contributed by atoms with Crippen LogP contribution in [0.1, 0.15) is 27.8 Å². The Morgan fingerprint density at radius 2 is 1.70 bits per heavy atom. The Morgan fingerprint density at radius 3 is 2.45 bits per heavy atom. The Bertz CT molecular complexity index is 659. The Balaban J connectivity index is 2.12. The van der Waals surface area contributed by atoms with E-state index >= 15 is 0 Å². The molecule has 0 nitrogen and oxygen atoms in total. The van der Waals surface area contributed by atoms with Crippen LogP contribution >= 0.6 is 11.8 Å². The highest BCUT2D eigenvalue weighted by Gasteiger charge is 2.34. The smallest absolute Gasteiger partial charge is 0.166 e. The standard InChI is InChI=1S/C16H13F3S/c1-10-4-2-6-12-8-11-5-3-7-14(16(17,18)19)13(11)9-20-15(10)12/h2-7H,8-9H2,1H3. The van der Waals surface area contributed by atoms with Crippen molar-refractivity contribution in [1.82, 2.24) is 0 Å². The molecule has 0 spiro atoms. The molecule has 0 unspecified atom stereocenters.